The molecule has 25 heavy (non-hydrogen) atoms. The van der Waals surface area contributed by atoms with Crippen LogP contribution in [0, 0.1) is 5.92 Å². The lowest BCUT2D eigenvalue weighted by molar-refractivity contribution is 0.0997. The Morgan fingerprint density at radius 1 is 1.16 bits per heavy atom. The van der Waals surface area contributed by atoms with Gasteiger partial charge in [-0.15, -0.1) is 0 Å². The number of aryl methyl sites for hydroxylation is 1. The van der Waals surface area contributed by atoms with E-state index in [2.05, 4.69) is 24.4 Å². The smallest absolute Gasteiger partial charge is 0.252 e. The Morgan fingerprint density at radius 2 is 1.88 bits per heavy atom. The third-order valence-corrected chi connectivity index (χ3v) is 4.27. The van der Waals surface area contributed by atoms with Crippen LogP contribution in [0.25, 0.3) is 0 Å². The summed E-state index contributed by atoms with van der Waals surface area (Å²) in [6.45, 7) is 3.34. The molecule has 0 bridgehead atoms. The number of aliphatic hydroxyl groups is 1. The Morgan fingerprint density at radius 3 is 2.56 bits per heavy atom. The fourth-order valence-electron chi connectivity index (χ4n) is 2.70. The first kappa shape index (κ1) is 19.0. The zero-order chi connectivity index (χ0) is 18.2. The maximum Gasteiger partial charge on any atom is 0.252 e. The number of rotatable bonds is 9. The third kappa shape index (κ3) is 5.89. The second-order valence-electron chi connectivity index (χ2n) is 6.44. The first-order chi connectivity index (χ1) is 12.0. The zero-order valence-electron chi connectivity index (χ0n) is 14.5. The van der Waals surface area contributed by atoms with Gasteiger partial charge in [-0.2, -0.15) is 0 Å². The number of phenols is 1. The van der Waals surface area contributed by atoms with Crippen molar-refractivity contribution in [3.8, 4) is 5.75 Å². The SMILES string of the molecule is CC(CCc1ccccc1)CNCC(O)c1ccc(O)c(C(N)=O)c1. The van der Waals surface area contributed by atoms with Gasteiger partial charge in [0.25, 0.3) is 5.91 Å². The number of aromatic hydroxyl groups is 1. The molecule has 5 heteroatoms. The van der Waals surface area contributed by atoms with E-state index in [0.29, 0.717) is 18.0 Å². The van der Waals surface area contributed by atoms with Crippen LogP contribution in [-0.2, 0) is 6.42 Å². The van der Waals surface area contributed by atoms with Gasteiger partial charge in [0.1, 0.15) is 5.75 Å². The van der Waals surface area contributed by atoms with Crippen molar-refractivity contribution in [2.45, 2.75) is 25.9 Å². The van der Waals surface area contributed by atoms with Crippen LogP contribution in [0.3, 0.4) is 0 Å². The van der Waals surface area contributed by atoms with Crippen molar-refractivity contribution >= 4 is 5.91 Å². The number of carbonyl (C=O) groups excluding carboxylic acids is 1. The molecule has 2 rings (SSSR count). The lowest BCUT2D eigenvalue weighted by Gasteiger charge is -2.16. The number of nitrogens with two attached hydrogens (primary N) is 1. The van der Waals surface area contributed by atoms with Crippen molar-refractivity contribution in [2.24, 2.45) is 11.7 Å². The summed E-state index contributed by atoms with van der Waals surface area (Å²) in [5, 5.41) is 23.1. The molecule has 0 heterocycles. The number of hydrogen-bond donors (Lipinski definition) is 4. The van der Waals surface area contributed by atoms with Crippen molar-refractivity contribution in [2.75, 3.05) is 13.1 Å². The van der Waals surface area contributed by atoms with Gasteiger partial charge in [-0.3, -0.25) is 4.79 Å². The molecule has 0 fully saturated rings. The van der Waals surface area contributed by atoms with Crippen molar-refractivity contribution in [3.05, 3.63) is 65.2 Å². The summed E-state index contributed by atoms with van der Waals surface area (Å²) in [6.07, 6.45) is 1.34. The predicted molar refractivity (Wildman–Crippen MR) is 98.4 cm³/mol. The van der Waals surface area contributed by atoms with E-state index in [1.54, 1.807) is 6.07 Å². The van der Waals surface area contributed by atoms with E-state index >= 15 is 0 Å². The lowest BCUT2D eigenvalue weighted by Crippen LogP contribution is -2.26. The van der Waals surface area contributed by atoms with Crippen molar-refractivity contribution < 1.29 is 15.0 Å². The molecule has 0 spiro atoms. The molecule has 5 N–H and O–H groups in total. The minimum atomic E-state index is -0.764. The van der Waals surface area contributed by atoms with Crippen LogP contribution in [0.15, 0.2) is 48.5 Å². The molecule has 0 aromatic heterocycles. The van der Waals surface area contributed by atoms with E-state index in [0.717, 1.165) is 19.4 Å². The number of nitrogens with one attached hydrogen (secondary N) is 1. The molecule has 0 radical (unpaired) electrons. The van der Waals surface area contributed by atoms with Gasteiger partial charge in [0, 0.05) is 6.54 Å². The number of primary amides is 1. The minimum Gasteiger partial charge on any atom is -0.507 e. The molecule has 2 aromatic carbocycles. The summed E-state index contributed by atoms with van der Waals surface area (Å²) in [4.78, 5) is 11.3. The molecule has 2 aromatic rings. The monoisotopic (exact) mass is 342 g/mol. The summed E-state index contributed by atoms with van der Waals surface area (Å²) in [5.41, 5.74) is 7.11. The fourth-order valence-corrected chi connectivity index (χ4v) is 2.70. The number of aliphatic hydroxyl groups excluding tert-OH is 1. The van der Waals surface area contributed by atoms with Crippen LogP contribution in [-0.4, -0.2) is 29.2 Å². The van der Waals surface area contributed by atoms with Gasteiger partial charge in [0.2, 0.25) is 0 Å². The Hall–Kier alpha value is -2.37. The highest BCUT2D eigenvalue weighted by Crippen LogP contribution is 2.22. The van der Waals surface area contributed by atoms with Gasteiger partial charge >= 0.3 is 0 Å². The van der Waals surface area contributed by atoms with Crippen molar-refractivity contribution in [3.63, 3.8) is 0 Å². The van der Waals surface area contributed by atoms with Crippen LogP contribution in [0.5, 0.6) is 5.75 Å². The van der Waals surface area contributed by atoms with E-state index in [9.17, 15) is 15.0 Å². The maximum atomic E-state index is 11.3. The quantitative estimate of drug-likeness (QED) is 0.563. The molecule has 134 valence electrons. The van der Waals surface area contributed by atoms with Crippen LogP contribution in [0.1, 0.15) is 40.9 Å². The second-order valence-corrected chi connectivity index (χ2v) is 6.44. The van der Waals surface area contributed by atoms with Gasteiger partial charge < -0.3 is 21.3 Å². The van der Waals surface area contributed by atoms with Gasteiger partial charge in [-0.1, -0.05) is 43.3 Å². The van der Waals surface area contributed by atoms with E-state index in [1.807, 2.05) is 18.2 Å². The first-order valence-corrected chi connectivity index (χ1v) is 8.52. The second kappa shape index (κ2) is 9.20. The van der Waals surface area contributed by atoms with E-state index in [-0.39, 0.29) is 11.3 Å². The number of hydrogen-bond acceptors (Lipinski definition) is 4. The Bertz CT molecular complexity index is 689. The maximum absolute atomic E-state index is 11.3. The average Bonchev–Trinajstić information content (AvgIpc) is 2.61. The number of carbonyl (C=O) groups is 1. The fraction of sp³-hybridized carbons (Fsp3) is 0.350. The summed E-state index contributed by atoms with van der Waals surface area (Å²) < 4.78 is 0. The molecule has 0 saturated carbocycles. The molecule has 0 aliphatic carbocycles. The van der Waals surface area contributed by atoms with Gasteiger partial charge in [-0.25, -0.2) is 0 Å². The van der Waals surface area contributed by atoms with Crippen LogP contribution < -0.4 is 11.1 Å². The minimum absolute atomic E-state index is 0.0211. The molecule has 0 aliphatic rings. The lowest BCUT2D eigenvalue weighted by atomic mass is 10.0. The van der Waals surface area contributed by atoms with Gasteiger partial charge in [-0.05, 0) is 48.6 Å². The number of amides is 1. The summed E-state index contributed by atoms with van der Waals surface area (Å²) in [5.74, 6) is -0.409. The van der Waals surface area contributed by atoms with Crippen molar-refractivity contribution in [1.29, 1.82) is 0 Å². The summed E-state index contributed by atoms with van der Waals surface area (Å²) >= 11 is 0. The van der Waals surface area contributed by atoms with Crippen LogP contribution in [0.4, 0.5) is 0 Å². The standard InChI is InChI=1S/C20H26N2O3/c1-14(7-8-15-5-3-2-4-6-15)12-22-13-19(24)16-9-10-18(23)17(11-16)20(21)25/h2-6,9-11,14,19,22-24H,7-8,12-13H2,1H3,(H2,21,25). The molecule has 5 nitrogen and oxygen atoms in total. The summed E-state index contributed by atoms with van der Waals surface area (Å²) in [6, 6.07) is 14.8. The van der Waals surface area contributed by atoms with E-state index in [1.165, 1.54) is 17.7 Å². The molecule has 1 amide bonds. The third-order valence-electron chi connectivity index (χ3n) is 4.27. The molecular weight excluding hydrogens is 316 g/mol. The highest BCUT2D eigenvalue weighted by Gasteiger charge is 2.13. The molecule has 2 atom stereocenters. The topological polar surface area (TPSA) is 95.6 Å². The van der Waals surface area contributed by atoms with E-state index in [4.69, 9.17) is 5.73 Å². The molecule has 2 unspecified atom stereocenters. The zero-order valence-corrected chi connectivity index (χ0v) is 14.5. The Kier molecular flexibility index (Phi) is 6.98. The van der Waals surface area contributed by atoms with Crippen LogP contribution in [0.2, 0.25) is 0 Å². The first-order valence-electron chi connectivity index (χ1n) is 8.52. The van der Waals surface area contributed by atoms with Crippen LogP contribution >= 0.6 is 0 Å². The van der Waals surface area contributed by atoms with Gasteiger partial charge in [0.05, 0.1) is 11.7 Å². The average molecular weight is 342 g/mol. The predicted octanol–water partition coefficient (Wildman–Crippen LogP) is 2.38. The highest BCUT2D eigenvalue weighted by molar-refractivity contribution is 5.95. The number of benzene rings is 2. The Balaban J connectivity index is 1.77. The van der Waals surface area contributed by atoms with Gasteiger partial charge in [0.15, 0.2) is 0 Å². The largest absolute Gasteiger partial charge is 0.507 e. The molecule has 0 aliphatic heterocycles. The normalized spacial score (nSPS) is 13.4. The molecular formula is C20H26N2O3. The Labute approximate surface area is 148 Å². The summed E-state index contributed by atoms with van der Waals surface area (Å²) in [7, 11) is 0. The molecule has 0 saturated heterocycles. The van der Waals surface area contributed by atoms with E-state index < -0.39 is 12.0 Å². The highest BCUT2D eigenvalue weighted by atomic mass is 16.3. The van der Waals surface area contributed by atoms with Crippen molar-refractivity contribution in [1.82, 2.24) is 5.32 Å².